The van der Waals surface area contributed by atoms with E-state index >= 15 is 0 Å². The number of carbonyl (C=O) groups excluding carboxylic acids is 1. The Morgan fingerprint density at radius 1 is 1.45 bits per heavy atom. The van der Waals surface area contributed by atoms with E-state index in [1.54, 1.807) is 20.8 Å². The average Bonchev–Trinajstić information content (AvgIpc) is 1.85. The van der Waals surface area contributed by atoms with Gasteiger partial charge in [-0.2, -0.15) is 0 Å². The Morgan fingerprint density at radius 3 is 2.18 bits per heavy atom. The van der Waals surface area contributed by atoms with Gasteiger partial charge < -0.3 is 10.2 Å². The van der Waals surface area contributed by atoms with Crippen molar-refractivity contribution in [2.45, 2.75) is 33.3 Å². The van der Waals surface area contributed by atoms with Crippen LogP contribution < -0.4 is 0 Å². The molecule has 3 heteroatoms. The summed E-state index contributed by atoms with van der Waals surface area (Å²) in [4.78, 5) is 11.2. The van der Waals surface area contributed by atoms with Gasteiger partial charge in [-0.15, -0.1) is 0 Å². The van der Waals surface area contributed by atoms with E-state index in [0.717, 1.165) is 0 Å². The van der Waals surface area contributed by atoms with Gasteiger partial charge in [0.2, 0.25) is 0 Å². The molecule has 0 aromatic carbocycles. The Hall–Kier alpha value is -0.410. The van der Waals surface area contributed by atoms with Crippen LogP contribution in [0.1, 0.15) is 27.2 Å². The van der Waals surface area contributed by atoms with Gasteiger partial charge in [0.1, 0.15) is 6.10 Å². The van der Waals surface area contributed by atoms with Crippen molar-refractivity contribution in [3.05, 3.63) is 0 Å². The molecule has 11 heavy (non-hydrogen) atoms. The molecule has 0 spiro atoms. The second kappa shape index (κ2) is 3.83. The van der Waals surface area contributed by atoms with Gasteiger partial charge in [0.25, 0.3) is 0 Å². The van der Waals surface area contributed by atoms with E-state index in [2.05, 4.69) is 0 Å². The van der Waals surface area contributed by atoms with Crippen molar-refractivity contribution in [3.8, 4) is 0 Å². The number of ketones is 1. The van der Waals surface area contributed by atoms with Crippen molar-refractivity contribution in [3.63, 3.8) is 0 Å². The summed E-state index contributed by atoms with van der Waals surface area (Å²) in [6.07, 6.45) is -0.879. The second-order valence-electron chi connectivity index (χ2n) is 3.64. The van der Waals surface area contributed by atoms with Gasteiger partial charge in [-0.3, -0.25) is 4.79 Å². The highest BCUT2D eigenvalue weighted by atomic mass is 16.3. The van der Waals surface area contributed by atoms with Crippen LogP contribution in [0.25, 0.3) is 0 Å². The quantitative estimate of drug-likeness (QED) is 0.626. The van der Waals surface area contributed by atoms with Crippen LogP contribution in [0.15, 0.2) is 0 Å². The van der Waals surface area contributed by atoms with Crippen molar-refractivity contribution >= 4 is 5.78 Å². The number of aliphatic hydroxyl groups is 2. The van der Waals surface area contributed by atoms with Crippen LogP contribution in [0.3, 0.4) is 0 Å². The maximum absolute atomic E-state index is 11.2. The number of hydrogen-bond donors (Lipinski definition) is 2. The van der Waals surface area contributed by atoms with Gasteiger partial charge in [0.15, 0.2) is 5.78 Å². The lowest BCUT2D eigenvalue weighted by molar-refractivity contribution is -0.135. The fourth-order valence-corrected chi connectivity index (χ4v) is 0.753. The predicted molar refractivity (Wildman–Crippen MR) is 42.2 cm³/mol. The summed E-state index contributed by atoms with van der Waals surface area (Å²) >= 11 is 0. The normalized spacial score (nSPS) is 14.6. The number of hydrogen-bond acceptors (Lipinski definition) is 3. The van der Waals surface area contributed by atoms with Crippen molar-refractivity contribution in [1.82, 2.24) is 0 Å². The summed E-state index contributed by atoms with van der Waals surface area (Å²) in [6, 6.07) is 0. The summed E-state index contributed by atoms with van der Waals surface area (Å²) in [5.41, 5.74) is -0.519. The van der Waals surface area contributed by atoms with E-state index in [9.17, 15) is 4.79 Å². The Labute approximate surface area is 67.0 Å². The number of carbonyl (C=O) groups is 1. The molecule has 0 bridgehead atoms. The zero-order chi connectivity index (χ0) is 9.07. The lowest BCUT2D eigenvalue weighted by atomic mass is 9.87. The lowest BCUT2D eigenvalue weighted by Crippen LogP contribution is -2.32. The third kappa shape index (κ3) is 3.49. The average molecular weight is 160 g/mol. The summed E-state index contributed by atoms with van der Waals surface area (Å²) in [6.45, 7) is 5.09. The molecule has 0 aliphatic rings. The molecule has 1 unspecified atom stereocenters. The van der Waals surface area contributed by atoms with E-state index in [1.165, 1.54) is 0 Å². The Balaban J connectivity index is 4.03. The minimum Gasteiger partial charge on any atom is -0.396 e. The molecular formula is C8H16O3. The molecule has 66 valence electrons. The number of rotatable bonds is 3. The van der Waals surface area contributed by atoms with Crippen LogP contribution in [0.4, 0.5) is 0 Å². The second-order valence-corrected chi connectivity index (χ2v) is 3.64. The van der Waals surface area contributed by atoms with Crippen LogP contribution in [-0.4, -0.2) is 28.7 Å². The van der Waals surface area contributed by atoms with E-state index in [0.29, 0.717) is 0 Å². The molecule has 0 radical (unpaired) electrons. The first-order chi connectivity index (χ1) is 4.89. The summed E-state index contributed by atoms with van der Waals surface area (Å²) < 4.78 is 0. The van der Waals surface area contributed by atoms with E-state index < -0.39 is 11.5 Å². The van der Waals surface area contributed by atoms with Gasteiger partial charge in [-0.1, -0.05) is 20.8 Å². The van der Waals surface area contributed by atoms with Crippen LogP contribution in [0.5, 0.6) is 0 Å². The minimum absolute atomic E-state index is 0.135. The fraction of sp³-hybridized carbons (Fsp3) is 0.875. The maximum Gasteiger partial charge on any atom is 0.166 e. The molecule has 0 aliphatic heterocycles. The first kappa shape index (κ1) is 10.6. The number of aliphatic hydroxyl groups excluding tert-OH is 2. The summed E-state index contributed by atoms with van der Waals surface area (Å²) in [5.74, 6) is -0.216. The van der Waals surface area contributed by atoms with Crippen molar-refractivity contribution < 1.29 is 15.0 Å². The maximum atomic E-state index is 11.2. The smallest absolute Gasteiger partial charge is 0.166 e. The molecule has 0 saturated heterocycles. The largest absolute Gasteiger partial charge is 0.396 e. The van der Waals surface area contributed by atoms with Crippen molar-refractivity contribution in [1.29, 1.82) is 0 Å². The molecule has 0 rings (SSSR count). The van der Waals surface area contributed by atoms with E-state index in [-0.39, 0.29) is 18.8 Å². The standard InChI is InChI=1S/C8H16O3/c1-8(2,3)7(11)6(10)4-5-9/h6,9-10H,4-5H2,1-3H3. The highest BCUT2D eigenvalue weighted by Crippen LogP contribution is 2.17. The lowest BCUT2D eigenvalue weighted by Gasteiger charge is -2.19. The van der Waals surface area contributed by atoms with Crippen molar-refractivity contribution in [2.75, 3.05) is 6.61 Å². The number of Topliss-reactive ketones (excluding diaryl/α,β-unsaturated/α-hetero) is 1. The minimum atomic E-state index is -1.01. The first-order valence-electron chi connectivity index (χ1n) is 3.73. The highest BCUT2D eigenvalue weighted by molar-refractivity contribution is 5.87. The van der Waals surface area contributed by atoms with Gasteiger partial charge in [0, 0.05) is 18.4 Å². The zero-order valence-corrected chi connectivity index (χ0v) is 7.29. The monoisotopic (exact) mass is 160 g/mol. The summed E-state index contributed by atoms with van der Waals surface area (Å²) in [5, 5.41) is 17.6. The molecule has 3 nitrogen and oxygen atoms in total. The molecular weight excluding hydrogens is 144 g/mol. The molecule has 0 aromatic rings. The zero-order valence-electron chi connectivity index (χ0n) is 7.29. The Morgan fingerprint density at radius 2 is 1.91 bits per heavy atom. The molecule has 0 amide bonds. The Kier molecular flexibility index (Phi) is 3.69. The third-order valence-electron chi connectivity index (χ3n) is 1.44. The molecule has 0 aromatic heterocycles. The van der Waals surface area contributed by atoms with Gasteiger partial charge >= 0.3 is 0 Å². The molecule has 0 saturated carbocycles. The summed E-state index contributed by atoms with van der Waals surface area (Å²) in [7, 11) is 0. The molecule has 0 fully saturated rings. The van der Waals surface area contributed by atoms with Crippen LogP contribution >= 0.6 is 0 Å². The van der Waals surface area contributed by atoms with Gasteiger partial charge in [-0.05, 0) is 0 Å². The molecule has 0 aliphatic carbocycles. The van der Waals surface area contributed by atoms with Crippen molar-refractivity contribution in [2.24, 2.45) is 5.41 Å². The van der Waals surface area contributed by atoms with Gasteiger partial charge in [-0.25, -0.2) is 0 Å². The molecule has 0 heterocycles. The topological polar surface area (TPSA) is 57.5 Å². The van der Waals surface area contributed by atoms with Gasteiger partial charge in [0.05, 0.1) is 0 Å². The SMILES string of the molecule is CC(C)(C)C(=O)C(O)CCO. The molecule has 1 atom stereocenters. The van der Waals surface area contributed by atoms with E-state index in [4.69, 9.17) is 10.2 Å². The van der Waals surface area contributed by atoms with Crippen LogP contribution in [-0.2, 0) is 4.79 Å². The highest BCUT2D eigenvalue weighted by Gasteiger charge is 2.27. The van der Waals surface area contributed by atoms with Crippen LogP contribution in [0, 0.1) is 5.41 Å². The Bertz CT molecular complexity index is 135. The predicted octanol–water partition coefficient (Wildman–Crippen LogP) is 0.345. The fourth-order valence-electron chi connectivity index (χ4n) is 0.753. The third-order valence-corrected chi connectivity index (χ3v) is 1.44. The van der Waals surface area contributed by atoms with Crippen LogP contribution in [0.2, 0.25) is 0 Å². The van der Waals surface area contributed by atoms with E-state index in [1.807, 2.05) is 0 Å². The first-order valence-corrected chi connectivity index (χ1v) is 3.73. The molecule has 2 N–H and O–H groups in total.